The smallest absolute Gasteiger partial charge is 0.293 e. The molecule has 2 N–H and O–H groups in total. The average Bonchev–Trinajstić information content (AvgIpc) is 3.47. The number of nitrogens with one attached hydrogen (secondary N) is 2. The summed E-state index contributed by atoms with van der Waals surface area (Å²) in [4.78, 5) is 22.3. The van der Waals surface area contributed by atoms with Crippen molar-refractivity contribution in [3.8, 4) is 17.6 Å². The fourth-order valence-electron chi connectivity index (χ4n) is 3.94. The van der Waals surface area contributed by atoms with Crippen LogP contribution in [0.2, 0.25) is 0 Å². The molecule has 2 aromatic rings. The first-order valence-electron chi connectivity index (χ1n) is 11.9. The van der Waals surface area contributed by atoms with Crippen molar-refractivity contribution in [2.45, 2.75) is 58.6 Å². The highest BCUT2D eigenvalue weighted by Crippen LogP contribution is 2.36. The van der Waals surface area contributed by atoms with Crippen LogP contribution in [0.15, 0.2) is 18.2 Å². The Kier molecular flexibility index (Phi) is 10.3. The number of nitrogens with zero attached hydrogens (tertiary/aromatic N) is 3. The van der Waals surface area contributed by atoms with E-state index in [9.17, 15) is 14.9 Å². The van der Waals surface area contributed by atoms with Gasteiger partial charge in [0, 0.05) is 19.2 Å². The molecule has 1 aliphatic heterocycles. The zero-order valence-electron chi connectivity index (χ0n) is 22.2. The number of methoxy groups -OCH3 is 2. The van der Waals surface area contributed by atoms with Crippen LogP contribution < -0.4 is 20.1 Å². The topological polar surface area (TPSA) is 128 Å². The van der Waals surface area contributed by atoms with Crippen LogP contribution in [0.1, 0.15) is 69.8 Å². The van der Waals surface area contributed by atoms with Crippen molar-refractivity contribution in [1.82, 2.24) is 15.1 Å². The number of carbonyl (C=O) groups is 2. The van der Waals surface area contributed by atoms with Gasteiger partial charge < -0.3 is 24.8 Å². The molecule has 1 aromatic heterocycles. The molecule has 10 heteroatoms. The molecule has 1 aliphatic rings. The Morgan fingerprint density at radius 1 is 1.31 bits per heavy atom. The van der Waals surface area contributed by atoms with Crippen molar-refractivity contribution in [2.75, 3.05) is 39.2 Å². The maximum Gasteiger partial charge on any atom is 0.293 e. The highest BCUT2D eigenvalue weighted by Gasteiger charge is 2.32. The Morgan fingerprint density at radius 2 is 1.94 bits per heavy atom. The molecule has 0 saturated carbocycles. The van der Waals surface area contributed by atoms with E-state index >= 15 is 0 Å². The quantitative estimate of drug-likeness (QED) is 0.499. The van der Waals surface area contributed by atoms with Crippen LogP contribution in [0.25, 0.3) is 0 Å². The van der Waals surface area contributed by atoms with Gasteiger partial charge in [-0.25, -0.2) is 4.68 Å². The summed E-state index contributed by atoms with van der Waals surface area (Å²) in [5.41, 5.74) is 1.23. The van der Waals surface area contributed by atoms with Crippen LogP contribution in [0, 0.1) is 11.3 Å². The highest BCUT2D eigenvalue weighted by atomic mass is 16.5. The minimum atomic E-state index is -0.693. The summed E-state index contributed by atoms with van der Waals surface area (Å²) >= 11 is 0. The molecule has 2 unspecified atom stereocenters. The van der Waals surface area contributed by atoms with E-state index in [0.29, 0.717) is 47.2 Å². The molecule has 0 radical (unpaired) electrons. The number of hydrogen-bond donors (Lipinski definition) is 2. The number of aromatic nitrogens is 2. The van der Waals surface area contributed by atoms with E-state index in [1.165, 1.54) is 6.92 Å². The second-order valence-electron chi connectivity index (χ2n) is 9.36. The van der Waals surface area contributed by atoms with Crippen LogP contribution in [0.5, 0.6) is 11.5 Å². The molecule has 0 amide bonds. The lowest BCUT2D eigenvalue weighted by Gasteiger charge is -2.15. The number of ketones is 1. The number of carbonyl (C=O) groups excluding carboxylic acids is 2. The summed E-state index contributed by atoms with van der Waals surface area (Å²) in [5.74, 6) is 1.03. The van der Waals surface area contributed by atoms with Gasteiger partial charge >= 0.3 is 0 Å². The number of anilines is 1. The van der Waals surface area contributed by atoms with E-state index in [2.05, 4.69) is 21.4 Å². The van der Waals surface area contributed by atoms with E-state index in [0.717, 1.165) is 19.5 Å². The third-order valence-corrected chi connectivity index (χ3v) is 5.56. The van der Waals surface area contributed by atoms with Crippen molar-refractivity contribution in [3.63, 3.8) is 0 Å². The van der Waals surface area contributed by atoms with Crippen LogP contribution in [0.4, 0.5) is 5.82 Å². The van der Waals surface area contributed by atoms with Gasteiger partial charge in [0.2, 0.25) is 0 Å². The van der Waals surface area contributed by atoms with Crippen LogP contribution in [-0.2, 0) is 14.3 Å². The second kappa shape index (κ2) is 12.9. The third kappa shape index (κ3) is 7.21. The lowest BCUT2D eigenvalue weighted by atomic mass is 9.89. The SMILES string of the molecule is CC(C)(C)OC=O.CCNc1c(C#N)c(C(C(C)=O)c2cc(OC)cc(OC)c2)nn1C1CCNC1. The summed E-state index contributed by atoms with van der Waals surface area (Å²) in [5, 5.41) is 21.3. The molecule has 0 spiro atoms. The Labute approximate surface area is 212 Å². The van der Waals surface area contributed by atoms with Crippen LogP contribution >= 0.6 is 0 Å². The Bertz CT molecular complexity index is 1060. The molecular formula is C26H37N5O5. The van der Waals surface area contributed by atoms with E-state index in [4.69, 9.17) is 14.6 Å². The number of ether oxygens (including phenoxy) is 3. The third-order valence-electron chi connectivity index (χ3n) is 5.56. The summed E-state index contributed by atoms with van der Waals surface area (Å²) in [7, 11) is 3.13. The molecule has 0 bridgehead atoms. The molecule has 1 aromatic carbocycles. The van der Waals surface area contributed by atoms with Gasteiger partial charge in [0.05, 0.1) is 31.9 Å². The molecule has 3 rings (SSSR count). The van der Waals surface area contributed by atoms with Crippen molar-refractivity contribution in [2.24, 2.45) is 0 Å². The van der Waals surface area contributed by atoms with Gasteiger partial charge in [-0.05, 0) is 65.3 Å². The molecule has 1 fully saturated rings. The summed E-state index contributed by atoms with van der Waals surface area (Å²) in [6.07, 6.45) is 0.919. The van der Waals surface area contributed by atoms with Gasteiger partial charge in [0.15, 0.2) is 0 Å². The van der Waals surface area contributed by atoms with Gasteiger partial charge in [-0.3, -0.25) is 9.59 Å². The van der Waals surface area contributed by atoms with Crippen LogP contribution in [0.3, 0.4) is 0 Å². The molecular weight excluding hydrogens is 462 g/mol. The minimum absolute atomic E-state index is 0.103. The summed E-state index contributed by atoms with van der Waals surface area (Å²) in [6, 6.07) is 7.74. The Morgan fingerprint density at radius 3 is 2.33 bits per heavy atom. The maximum absolute atomic E-state index is 12.7. The van der Waals surface area contributed by atoms with Crippen molar-refractivity contribution in [1.29, 1.82) is 5.26 Å². The van der Waals surface area contributed by atoms with Crippen molar-refractivity contribution >= 4 is 18.1 Å². The van der Waals surface area contributed by atoms with Gasteiger partial charge in [-0.2, -0.15) is 10.4 Å². The first-order valence-corrected chi connectivity index (χ1v) is 11.9. The monoisotopic (exact) mass is 499 g/mol. The van der Waals surface area contributed by atoms with Crippen molar-refractivity contribution < 1.29 is 23.8 Å². The van der Waals surface area contributed by atoms with Crippen molar-refractivity contribution in [3.05, 3.63) is 35.0 Å². The fraction of sp³-hybridized carbons (Fsp3) is 0.538. The van der Waals surface area contributed by atoms with E-state index < -0.39 is 5.92 Å². The zero-order valence-corrected chi connectivity index (χ0v) is 22.2. The molecule has 2 atom stereocenters. The molecule has 196 valence electrons. The number of hydrogen-bond acceptors (Lipinski definition) is 9. The van der Waals surface area contributed by atoms with Gasteiger partial charge in [-0.1, -0.05) is 0 Å². The Balaban J connectivity index is 0.000000572. The maximum atomic E-state index is 12.7. The number of rotatable bonds is 9. The molecule has 0 aliphatic carbocycles. The second-order valence-corrected chi connectivity index (χ2v) is 9.36. The standard InChI is InChI=1S/C21H27N5O3.C5H10O2/c1-5-24-21-18(11-22)20(25-26(21)15-6-7-23-12-15)19(13(2)27)14-8-16(28-3)10-17(9-14)29-4;1-5(2,3)7-4-6/h8-10,15,19,23-24H,5-7,12H2,1-4H3;4H,1-3H3. The highest BCUT2D eigenvalue weighted by molar-refractivity contribution is 5.88. The average molecular weight is 500 g/mol. The van der Waals surface area contributed by atoms with E-state index in [1.54, 1.807) is 32.4 Å². The number of nitriles is 1. The first kappa shape index (κ1) is 28.7. The van der Waals surface area contributed by atoms with Gasteiger partial charge in [0.1, 0.15) is 40.3 Å². The minimum Gasteiger partial charge on any atom is -0.497 e. The number of Topliss-reactive ketones (excluding diaryl/α,β-unsaturated/α-hetero) is 1. The molecule has 2 heterocycles. The summed E-state index contributed by atoms with van der Waals surface area (Å²) in [6.45, 7) is 11.7. The molecule has 10 nitrogen and oxygen atoms in total. The van der Waals surface area contributed by atoms with Crippen LogP contribution in [-0.4, -0.2) is 61.5 Å². The predicted octanol–water partition coefficient (Wildman–Crippen LogP) is 3.42. The predicted molar refractivity (Wildman–Crippen MR) is 137 cm³/mol. The Hall–Kier alpha value is -3.58. The normalized spacial score (nSPS) is 15.7. The number of benzene rings is 1. The molecule has 1 saturated heterocycles. The summed E-state index contributed by atoms with van der Waals surface area (Å²) < 4.78 is 17.1. The zero-order chi connectivity index (χ0) is 26.9. The van der Waals surface area contributed by atoms with E-state index in [-0.39, 0.29) is 17.4 Å². The fourth-order valence-corrected chi connectivity index (χ4v) is 3.94. The lowest BCUT2D eigenvalue weighted by molar-refractivity contribution is -0.138. The van der Waals surface area contributed by atoms with Gasteiger partial charge in [0.25, 0.3) is 6.47 Å². The lowest BCUT2D eigenvalue weighted by Crippen LogP contribution is -2.18. The van der Waals surface area contributed by atoms with Gasteiger partial charge in [-0.15, -0.1) is 0 Å². The van der Waals surface area contributed by atoms with E-state index in [1.807, 2.05) is 32.4 Å². The molecule has 36 heavy (non-hydrogen) atoms. The first-order chi connectivity index (χ1) is 17.1. The largest absolute Gasteiger partial charge is 0.497 e.